The molecule has 0 spiro atoms. The van der Waals surface area contributed by atoms with Gasteiger partial charge in [0.2, 0.25) is 0 Å². The van der Waals surface area contributed by atoms with E-state index >= 15 is 0 Å². The minimum Gasteiger partial charge on any atom is -0.330 e. The second-order valence-corrected chi connectivity index (χ2v) is 3.52. The van der Waals surface area contributed by atoms with E-state index in [9.17, 15) is 4.79 Å². The summed E-state index contributed by atoms with van der Waals surface area (Å²) in [6.07, 6.45) is 3.32. The van der Waals surface area contributed by atoms with Crippen LogP contribution in [0.25, 0.3) is 0 Å². The van der Waals surface area contributed by atoms with Crippen molar-refractivity contribution in [1.29, 1.82) is 0 Å². The molecule has 1 rings (SSSR count). The third kappa shape index (κ3) is 3.21. The van der Waals surface area contributed by atoms with E-state index in [4.69, 9.17) is 11.6 Å². The molecule has 16 heavy (non-hydrogen) atoms. The van der Waals surface area contributed by atoms with Gasteiger partial charge in [0.25, 0.3) is 5.91 Å². The number of rotatable bonds is 5. The summed E-state index contributed by atoms with van der Waals surface area (Å²) >= 11 is 5.73. The molecular formula is C12H13ClN2O. The minimum absolute atomic E-state index is 0.178. The number of hydrogen-bond acceptors (Lipinski definition) is 2. The highest BCUT2D eigenvalue weighted by Crippen LogP contribution is 2.08. The molecule has 0 radical (unpaired) electrons. The van der Waals surface area contributed by atoms with E-state index in [0.29, 0.717) is 23.9 Å². The summed E-state index contributed by atoms with van der Waals surface area (Å²) in [6, 6.07) is 4.96. The third-order valence-electron chi connectivity index (χ3n) is 1.92. The van der Waals surface area contributed by atoms with Crippen LogP contribution in [0.3, 0.4) is 0 Å². The number of halogens is 1. The number of carbonyl (C=O) groups is 1. The second-order valence-electron chi connectivity index (χ2n) is 3.13. The second kappa shape index (κ2) is 6.08. The van der Waals surface area contributed by atoms with Crippen molar-refractivity contribution in [2.45, 2.75) is 0 Å². The minimum atomic E-state index is -0.178. The third-order valence-corrected chi connectivity index (χ3v) is 2.13. The Balaban J connectivity index is 2.89. The molecule has 0 atom stereocenters. The van der Waals surface area contributed by atoms with Crippen LogP contribution in [0.5, 0.6) is 0 Å². The zero-order valence-electron chi connectivity index (χ0n) is 8.90. The number of nitrogens with zero attached hydrogens (tertiary/aromatic N) is 2. The summed E-state index contributed by atoms with van der Waals surface area (Å²) < 4.78 is 0. The van der Waals surface area contributed by atoms with E-state index in [0.717, 1.165) is 0 Å². The molecule has 0 saturated carbocycles. The molecule has 0 aliphatic heterocycles. The Morgan fingerprint density at radius 2 is 2.00 bits per heavy atom. The molecular weight excluding hydrogens is 224 g/mol. The smallest absolute Gasteiger partial charge is 0.273 e. The van der Waals surface area contributed by atoms with E-state index in [2.05, 4.69) is 18.1 Å². The zero-order valence-corrected chi connectivity index (χ0v) is 9.65. The van der Waals surface area contributed by atoms with Gasteiger partial charge in [-0.15, -0.1) is 13.2 Å². The fourth-order valence-electron chi connectivity index (χ4n) is 1.24. The summed E-state index contributed by atoms with van der Waals surface area (Å²) in [7, 11) is 0. The molecule has 3 nitrogen and oxygen atoms in total. The summed E-state index contributed by atoms with van der Waals surface area (Å²) in [5, 5.41) is 0.308. The fraction of sp³-hybridized carbons (Fsp3) is 0.167. The maximum atomic E-state index is 12.0. The first-order valence-corrected chi connectivity index (χ1v) is 5.20. The van der Waals surface area contributed by atoms with Crippen molar-refractivity contribution < 1.29 is 4.79 Å². The summed E-state index contributed by atoms with van der Waals surface area (Å²) in [5.41, 5.74) is 0.330. The maximum absolute atomic E-state index is 12.0. The Labute approximate surface area is 100 Å². The molecule has 0 bridgehead atoms. The first-order valence-electron chi connectivity index (χ1n) is 4.82. The molecule has 0 unspecified atom stereocenters. The topological polar surface area (TPSA) is 33.2 Å². The lowest BCUT2D eigenvalue weighted by atomic mass is 10.3. The van der Waals surface area contributed by atoms with Gasteiger partial charge in [-0.25, -0.2) is 4.98 Å². The van der Waals surface area contributed by atoms with Crippen LogP contribution < -0.4 is 0 Å². The van der Waals surface area contributed by atoms with Crippen LogP contribution in [-0.4, -0.2) is 28.9 Å². The van der Waals surface area contributed by atoms with Gasteiger partial charge in [0.15, 0.2) is 0 Å². The summed E-state index contributed by atoms with van der Waals surface area (Å²) in [6.45, 7) is 8.12. The monoisotopic (exact) mass is 236 g/mol. The molecule has 1 aromatic rings. The zero-order chi connectivity index (χ0) is 12.0. The first-order chi connectivity index (χ1) is 7.69. The van der Waals surface area contributed by atoms with Crippen LogP contribution in [0, 0.1) is 0 Å². The number of hydrogen-bond donors (Lipinski definition) is 0. The quantitative estimate of drug-likeness (QED) is 0.582. The van der Waals surface area contributed by atoms with Gasteiger partial charge in [-0.2, -0.15) is 0 Å². The molecule has 84 valence electrons. The Hall–Kier alpha value is -1.61. The highest BCUT2D eigenvalue weighted by atomic mass is 35.5. The lowest BCUT2D eigenvalue weighted by Gasteiger charge is -2.18. The van der Waals surface area contributed by atoms with E-state index in [1.807, 2.05) is 0 Å². The molecule has 1 aromatic heterocycles. The van der Waals surface area contributed by atoms with Crippen molar-refractivity contribution in [3.8, 4) is 0 Å². The molecule has 4 heteroatoms. The van der Waals surface area contributed by atoms with Crippen LogP contribution >= 0.6 is 11.6 Å². The Bertz CT molecular complexity index is 394. The Morgan fingerprint density at radius 3 is 2.50 bits per heavy atom. The summed E-state index contributed by atoms with van der Waals surface area (Å²) in [5.74, 6) is -0.178. The van der Waals surface area contributed by atoms with Crippen molar-refractivity contribution in [3.05, 3.63) is 54.4 Å². The number of pyridine rings is 1. The fourth-order valence-corrected chi connectivity index (χ4v) is 1.41. The van der Waals surface area contributed by atoms with Gasteiger partial charge in [-0.1, -0.05) is 29.8 Å². The normalized spacial score (nSPS) is 9.56. The van der Waals surface area contributed by atoms with Crippen molar-refractivity contribution in [2.24, 2.45) is 0 Å². The molecule has 0 saturated heterocycles. The van der Waals surface area contributed by atoms with E-state index in [1.54, 1.807) is 35.3 Å². The largest absolute Gasteiger partial charge is 0.330 e. The highest BCUT2D eigenvalue weighted by molar-refractivity contribution is 6.29. The SMILES string of the molecule is C=CCN(CC=C)C(=O)c1cccc(Cl)n1. The van der Waals surface area contributed by atoms with E-state index in [-0.39, 0.29) is 5.91 Å². The van der Waals surface area contributed by atoms with E-state index in [1.165, 1.54) is 0 Å². The predicted molar refractivity (Wildman–Crippen MR) is 65.5 cm³/mol. The van der Waals surface area contributed by atoms with Crippen LogP contribution in [0.4, 0.5) is 0 Å². The predicted octanol–water partition coefficient (Wildman–Crippen LogP) is 2.55. The van der Waals surface area contributed by atoms with E-state index < -0.39 is 0 Å². The van der Waals surface area contributed by atoms with Crippen molar-refractivity contribution in [2.75, 3.05) is 13.1 Å². The van der Waals surface area contributed by atoms with Crippen molar-refractivity contribution in [3.63, 3.8) is 0 Å². The molecule has 0 fully saturated rings. The van der Waals surface area contributed by atoms with Crippen LogP contribution in [0.15, 0.2) is 43.5 Å². The van der Waals surface area contributed by atoms with Crippen LogP contribution in [-0.2, 0) is 0 Å². The number of carbonyl (C=O) groups excluding carboxylic acids is 1. The summed E-state index contributed by atoms with van der Waals surface area (Å²) in [4.78, 5) is 17.5. The number of amides is 1. The van der Waals surface area contributed by atoms with Crippen LogP contribution in [0.2, 0.25) is 5.15 Å². The van der Waals surface area contributed by atoms with Gasteiger partial charge < -0.3 is 4.90 Å². The van der Waals surface area contributed by atoms with Gasteiger partial charge in [0, 0.05) is 13.1 Å². The lowest BCUT2D eigenvalue weighted by molar-refractivity contribution is 0.0785. The Kier molecular flexibility index (Phi) is 4.73. The van der Waals surface area contributed by atoms with Gasteiger partial charge in [0.05, 0.1) is 0 Å². The standard InChI is InChI=1S/C12H13ClN2O/c1-3-8-15(9-4-2)12(16)10-6-5-7-11(13)14-10/h3-7H,1-2,8-9H2. The average Bonchev–Trinajstić information content (AvgIpc) is 2.28. The first kappa shape index (κ1) is 12.5. The molecule has 1 amide bonds. The molecule has 1 heterocycles. The van der Waals surface area contributed by atoms with Gasteiger partial charge in [-0.05, 0) is 12.1 Å². The van der Waals surface area contributed by atoms with Gasteiger partial charge >= 0.3 is 0 Å². The highest BCUT2D eigenvalue weighted by Gasteiger charge is 2.14. The van der Waals surface area contributed by atoms with Crippen molar-refractivity contribution >= 4 is 17.5 Å². The number of aromatic nitrogens is 1. The van der Waals surface area contributed by atoms with Gasteiger partial charge in [0.1, 0.15) is 10.8 Å². The maximum Gasteiger partial charge on any atom is 0.273 e. The Morgan fingerprint density at radius 1 is 1.38 bits per heavy atom. The van der Waals surface area contributed by atoms with Gasteiger partial charge in [-0.3, -0.25) is 4.79 Å². The molecule has 0 aromatic carbocycles. The van der Waals surface area contributed by atoms with Crippen LogP contribution in [0.1, 0.15) is 10.5 Å². The average molecular weight is 237 g/mol. The molecule has 0 aliphatic carbocycles. The van der Waals surface area contributed by atoms with Crippen molar-refractivity contribution in [1.82, 2.24) is 9.88 Å². The molecule has 0 aliphatic rings. The lowest BCUT2D eigenvalue weighted by Crippen LogP contribution is -2.31. The molecule has 0 N–H and O–H groups in total.